The molecule has 0 unspecified atom stereocenters. The first-order valence-electron chi connectivity index (χ1n) is 12.9. The predicted molar refractivity (Wildman–Crippen MR) is 157 cm³/mol. The van der Waals surface area contributed by atoms with Gasteiger partial charge in [-0.1, -0.05) is 45.9 Å². The second kappa shape index (κ2) is 14.5. The Balaban J connectivity index is 1.36. The Bertz CT molecular complexity index is 1440. The summed E-state index contributed by atoms with van der Waals surface area (Å²) in [6, 6.07) is 17.9. The lowest BCUT2D eigenvalue weighted by molar-refractivity contribution is -0.120. The molecule has 3 aromatic rings. The lowest BCUT2D eigenvalue weighted by atomic mass is 10.2. The van der Waals surface area contributed by atoms with E-state index < -0.39 is 15.9 Å². The normalized spacial score (nSPS) is 13.8. The second-order valence-corrected chi connectivity index (χ2v) is 11.7. The number of carbonyl (C=O) groups excluding carboxylic acids is 2. The molecule has 1 heterocycles. The molecule has 0 spiro atoms. The van der Waals surface area contributed by atoms with Gasteiger partial charge in [0.15, 0.2) is 5.75 Å². The molecule has 1 aliphatic heterocycles. The summed E-state index contributed by atoms with van der Waals surface area (Å²) in [5, 5.41) is 5.83. The van der Waals surface area contributed by atoms with Crippen molar-refractivity contribution < 1.29 is 27.6 Å². The van der Waals surface area contributed by atoms with Crippen LogP contribution in [0.25, 0.3) is 0 Å². The monoisotopic (exact) mass is 620 g/mol. The maximum atomic E-state index is 13.6. The fourth-order valence-corrected chi connectivity index (χ4v) is 5.68. The van der Waals surface area contributed by atoms with Gasteiger partial charge in [-0.25, -0.2) is 0 Å². The smallest absolute Gasteiger partial charge is 0.295 e. The summed E-state index contributed by atoms with van der Waals surface area (Å²) in [7, 11) is -4.26. The van der Waals surface area contributed by atoms with Crippen LogP contribution < -0.4 is 19.9 Å². The third-order valence-electron chi connectivity index (χ3n) is 6.16. The fraction of sp³-hybridized carbons (Fsp3) is 0.286. The SMILES string of the molecule is O=C(CNC(=O)c1ccc(S(=O)(=O)N(Oc2ccc(Cl)cc2Cl)c2ccccc2)cc1)NCCCN1CCOCC1. The van der Waals surface area contributed by atoms with Crippen molar-refractivity contribution in [3.63, 3.8) is 0 Å². The lowest BCUT2D eigenvalue weighted by Crippen LogP contribution is -2.40. The second-order valence-electron chi connectivity index (χ2n) is 9.10. The molecule has 2 amide bonds. The third-order valence-corrected chi connectivity index (χ3v) is 8.28. The average Bonchev–Trinajstić information content (AvgIpc) is 2.98. The number of nitrogens with zero attached hydrogens (tertiary/aromatic N) is 2. The maximum Gasteiger partial charge on any atom is 0.295 e. The van der Waals surface area contributed by atoms with E-state index in [9.17, 15) is 18.0 Å². The quantitative estimate of drug-likeness (QED) is 0.234. The fourth-order valence-electron chi connectivity index (χ4n) is 3.98. The average molecular weight is 622 g/mol. The van der Waals surface area contributed by atoms with E-state index in [0.717, 1.165) is 43.7 Å². The zero-order valence-corrected chi connectivity index (χ0v) is 24.4. The molecule has 0 radical (unpaired) electrons. The van der Waals surface area contributed by atoms with Gasteiger partial charge in [-0.15, -0.1) is 0 Å². The summed E-state index contributed by atoms with van der Waals surface area (Å²) in [4.78, 5) is 32.6. The number of nitrogens with one attached hydrogen (secondary N) is 2. The van der Waals surface area contributed by atoms with Crippen LogP contribution in [0.3, 0.4) is 0 Å². The van der Waals surface area contributed by atoms with Gasteiger partial charge in [0.1, 0.15) is 0 Å². The van der Waals surface area contributed by atoms with E-state index in [0.29, 0.717) is 11.6 Å². The first-order chi connectivity index (χ1) is 19.7. The van der Waals surface area contributed by atoms with Crippen molar-refractivity contribution in [2.75, 3.05) is 50.4 Å². The molecular weight excluding hydrogens is 591 g/mol. The van der Waals surface area contributed by atoms with Crippen molar-refractivity contribution in [3.05, 3.63) is 88.4 Å². The minimum Gasteiger partial charge on any atom is -0.379 e. The van der Waals surface area contributed by atoms with E-state index in [-0.39, 0.29) is 39.4 Å². The van der Waals surface area contributed by atoms with Crippen LogP contribution in [-0.2, 0) is 19.6 Å². The Morgan fingerprint density at radius 2 is 1.66 bits per heavy atom. The number of hydrogen-bond donors (Lipinski definition) is 2. The van der Waals surface area contributed by atoms with Gasteiger partial charge < -0.3 is 20.2 Å². The molecule has 0 aliphatic carbocycles. The van der Waals surface area contributed by atoms with Crippen LogP contribution in [0.5, 0.6) is 5.75 Å². The molecule has 1 aliphatic rings. The number of amides is 2. The Morgan fingerprint density at radius 1 is 0.951 bits per heavy atom. The number of sulfonamides is 1. The highest BCUT2D eigenvalue weighted by atomic mass is 35.5. The van der Waals surface area contributed by atoms with Gasteiger partial charge in [0.2, 0.25) is 5.91 Å². The van der Waals surface area contributed by atoms with Crippen LogP contribution in [0.4, 0.5) is 5.69 Å². The summed E-state index contributed by atoms with van der Waals surface area (Å²) in [6.45, 7) is 4.39. The van der Waals surface area contributed by atoms with Crippen molar-refractivity contribution in [2.24, 2.45) is 0 Å². The Hall–Kier alpha value is -3.35. The number of benzene rings is 3. The molecule has 218 valence electrons. The molecule has 2 N–H and O–H groups in total. The minimum atomic E-state index is -4.26. The van der Waals surface area contributed by atoms with Crippen molar-refractivity contribution in [3.8, 4) is 5.75 Å². The van der Waals surface area contributed by atoms with Crippen LogP contribution in [0.15, 0.2) is 77.7 Å². The van der Waals surface area contributed by atoms with Gasteiger partial charge in [0.25, 0.3) is 15.9 Å². The van der Waals surface area contributed by atoms with Gasteiger partial charge in [-0.2, -0.15) is 8.42 Å². The maximum absolute atomic E-state index is 13.6. The van der Waals surface area contributed by atoms with Gasteiger partial charge in [0.05, 0.1) is 35.4 Å². The van der Waals surface area contributed by atoms with E-state index in [1.54, 1.807) is 30.3 Å². The summed E-state index contributed by atoms with van der Waals surface area (Å²) < 4.78 is 33.3. The molecule has 41 heavy (non-hydrogen) atoms. The molecule has 0 saturated carbocycles. The molecule has 0 bridgehead atoms. The number of halogens is 2. The number of carbonyl (C=O) groups is 2. The highest BCUT2D eigenvalue weighted by Gasteiger charge is 2.28. The third kappa shape index (κ3) is 8.57. The Labute approximate surface area is 249 Å². The zero-order valence-electron chi connectivity index (χ0n) is 22.1. The van der Waals surface area contributed by atoms with Crippen molar-refractivity contribution in [2.45, 2.75) is 11.3 Å². The van der Waals surface area contributed by atoms with Gasteiger partial charge in [-0.3, -0.25) is 14.5 Å². The summed E-state index contributed by atoms with van der Waals surface area (Å²) in [5.41, 5.74) is 0.424. The topological polar surface area (TPSA) is 117 Å². The van der Waals surface area contributed by atoms with E-state index in [1.165, 1.54) is 42.5 Å². The Kier molecular flexibility index (Phi) is 10.8. The molecule has 10 nitrogen and oxygen atoms in total. The van der Waals surface area contributed by atoms with Crippen LogP contribution in [0.2, 0.25) is 10.0 Å². The molecule has 0 atom stereocenters. The van der Waals surface area contributed by atoms with Crippen molar-refractivity contribution in [1.29, 1.82) is 0 Å². The van der Waals surface area contributed by atoms with E-state index in [2.05, 4.69) is 15.5 Å². The summed E-state index contributed by atoms with van der Waals surface area (Å²) in [6.07, 6.45) is 0.795. The number of ether oxygens (including phenoxy) is 1. The van der Waals surface area contributed by atoms with Crippen LogP contribution >= 0.6 is 23.2 Å². The number of rotatable bonds is 12. The van der Waals surface area contributed by atoms with Gasteiger partial charge in [-0.05, 0) is 67.6 Å². The van der Waals surface area contributed by atoms with E-state index >= 15 is 0 Å². The number of morpholine rings is 1. The molecule has 3 aromatic carbocycles. The molecule has 0 aromatic heterocycles. The van der Waals surface area contributed by atoms with E-state index in [1.807, 2.05) is 0 Å². The van der Waals surface area contributed by atoms with Crippen LogP contribution in [-0.4, -0.2) is 71.1 Å². The molecule has 13 heteroatoms. The van der Waals surface area contributed by atoms with E-state index in [4.69, 9.17) is 32.8 Å². The Morgan fingerprint density at radius 3 is 2.34 bits per heavy atom. The highest BCUT2D eigenvalue weighted by Crippen LogP contribution is 2.32. The first kappa shape index (κ1) is 30.6. The summed E-state index contributed by atoms with van der Waals surface area (Å²) >= 11 is 12.2. The first-order valence-corrected chi connectivity index (χ1v) is 15.1. The number of para-hydroxylation sites is 1. The summed E-state index contributed by atoms with van der Waals surface area (Å²) in [5.74, 6) is -0.739. The molecule has 1 fully saturated rings. The van der Waals surface area contributed by atoms with Gasteiger partial charge in [0, 0.05) is 30.2 Å². The minimum absolute atomic E-state index is 0.0823. The predicted octanol–water partition coefficient (Wildman–Crippen LogP) is 3.75. The van der Waals surface area contributed by atoms with Crippen LogP contribution in [0, 0.1) is 0 Å². The zero-order chi connectivity index (χ0) is 29.2. The number of hydrogen-bond acceptors (Lipinski definition) is 7. The van der Waals surface area contributed by atoms with Crippen molar-refractivity contribution in [1.82, 2.24) is 15.5 Å². The van der Waals surface area contributed by atoms with Crippen molar-refractivity contribution >= 4 is 50.7 Å². The molecule has 4 rings (SSSR count). The van der Waals surface area contributed by atoms with Crippen LogP contribution in [0.1, 0.15) is 16.8 Å². The largest absolute Gasteiger partial charge is 0.379 e. The van der Waals surface area contributed by atoms with Gasteiger partial charge >= 0.3 is 0 Å². The molecule has 1 saturated heterocycles. The molecular formula is C28H30Cl2N4O6S. The highest BCUT2D eigenvalue weighted by molar-refractivity contribution is 7.92. The lowest BCUT2D eigenvalue weighted by Gasteiger charge is -2.26. The standard InChI is InChI=1S/C28H30Cl2N4O6S/c29-22-9-12-26(25(30)19-22)40-34(23-5-2-1-3-6-23)41(37,38)24-10-7-21(8-11-24)28(36)32-20-27(35)31-13-4-14-33-15-17-39-18-16-33/h1-3,5-12,19H,4,13-18,20H2,(H,31,35)(H,32,36). The number of anilines is 1.